The largest absolute Gasteiger partial charge is 0.629 e. The van der Waals surface area contributed by atoms with Crippen LogP contribution in [0.4, 0.5) is 5.69 Å². The highest BCUT2D eigenvalue weighted by Crippen LogP contribution is 2.64. The number of carbonyl (C=O) groups is 2. The molecule has 5 fully saturated rings. The van der Waals surface area contributed by atoms with E-state index in [1.54, 1.807) is 11.0 Å². The number of amides is 2. The van der Waals surface area contributed by atoms with Gasteiger partial charge in [-0.25, -0.2) is 0 Å². The molecule has 8 heteroatoms. The van der Waals surface area contributed by atoms with E-state index in [0.717, 1.165) is 6.42 Å². The number of benzene rings is 1. The minimum Gasteiger partial charge on any atom is -0.629 e. The van der Waals surface area contributed by atoms with Gasteiger partial charge in [0.25, 0.3) is 0 Å². The van der Waals surface area contributed by atoms with Crippen molar-refractivity contribution >= 4 is 23.6 Å². The summed E-state index contributed by atoms with van der Waals surface area (Å²) in [6, 6.07) is 2.90. The van der Waals surface area contributed by atoms with E-state index >= 15 is 0 Å². The Morgan fingerprint density at radius 1 is 1.24 bits per heavy atom. The second kappa shape index (κ2) is 5.69. The molecule has 6 atom stereocenters. The molecule has 0 radical (unpaired) electrons. The van der Waals surface area contributed by atoms with E-state index in [9.17, 15) is 19.9 Å². The van der Waals surface area contributed by atoms with Crippen LogP contribution in [0.5, 0.6) is 5.75 Å². The van der Waals surface area contributed by atoms with Gasteiger partial charge in [-0.2, -0.15) is 0 Å². The average Bonchev–Trinajstić information content (AvgIpc) is 3.27. The molecule has 7 aliphatic rings. The average molecular weight is 466 g/mol. The van der Waals surface area contributed by atoms with E-state index < -0.39 is 33.7 Å². The molecule has 34 heavy (non-hydrogen) atoms. The Labute approximate surface area is 198 Å². The van der Waals surface area contributed by atoms with Crippen molar-refractivity contribution in [2.45, 2.75) is 81.7 Å². The third kappa shape index (κ3) is 2.05. The Morgan fingerprint density at radius 3 is 2.76 bits per heavy atom. The van der Waals surface area contributed by atoms with E-state index in [2.05, 4.69) is 5.32 Å². The first-order valence-electron chi connectivity index (χ1n) is 12.3. The lowest BCUT2D eigenvalue weighted by molar-refractivity contribution is -0.822. The smallest absolute Gasteiger partial charge is 0.249 e. The number of rotatable bonds is 0. The molecule has 2 bridgehead atoms. The molecule has 1 aliphatic carbocycles. The van der Waals surface area contributed by atoms with Crippen molar-refractivity contribution in [3.05, 3.63) is 34.5 Å². The van der Waals surface area contributed by atoms with Crippen molar-refractivity contribution < 1.29 is 24.5 Å². The fourth-order valence-electron chi connectivity index (χ4n) is 8.59. The fraction of sp³-hybridized carbons (Fsp3) is 0.615. The summed E-state index contributed by atoms with van der Waals surface area (Å²) >= 11 is 0. The van der Waals surface area contributed by atoms with Gasteiger partial charge in [-0.3, -0.25) is 9.59 Å². The first kappa shape index (κ1) is 20.9. The summed E-state index contributed by atoms with van der Waals surface area (Å²) in [4.78, 5) is 29.1. The van der Waals surface area contributed by atoms with Crippen molar-refractivity contribution in [3.63, 3.8) is 0 Å². The predicted octanol–water partition coefficient (Wildman–Crippen LogP) is 1.13. The van der Waals surface area contributed by atoms with Crippen LogP contribution in [0.1, 0.15) is 64.5 Å². The molecule has 8 rings (SSSR count). The Balaban J connectivity index is 1.43. The predicted molar refractivity (Wildman–Crippen MR) is 123 cm³/mol. The third-order valence-corrected chi connectivity index (χ3v) is 9.88. The van der Waals surface area contributed by atoms with Crippen molar-refractivity contribution in [3.8, 4) is 5.75 Å². The highest BCUT2D eigenvalue weighted by molar-refractivity contribution is 6.05. The van der Waals surface area contributed by atoms with Crippen LogP contribution in [-0.2, 0) is 15.2 Å². The first-order chi connectivity index (χ1) is 15.9. The lowest BCUT2D eigenvalue weighted by Gasteiger charge is -2.67. The molecule has 180 valence electrons. The molecule has 2 spiro atoms. The molecular formula is C26H31N3O5. The molecule has 1 aromatic carbocycles. The van der Waals surface area contributed by atoms with Crippen molar-refractivity contribution in [1.82, 2.24) is 10.2 Å². The van der Waals surface area contributed by atoms with Crippen molar-refractivity contribution in [2.75, 3.05) is 6.54 Å². The van der Waals surface area contributed by atoms with Gasteiger partial charge < -0.3 is 30.3 Å². The van der Waals surface area contributed by atoms with Gasteiger partial charge in [0.15, 0.2) is 5.60 Å². The summed E-state index contributed by atoms with van der Waals surface area (Å²) in [6.07, 6.45) is 5.86. The van der Waals surface area contributed by atoms with Crippen LogP contribution in [0.25, 0.3) is 6.08 Å². The zero-order chi connectivity index (χ0) is 24.1. The highest BCUT2D eigenvalue weighted by Gasteiger charge is 2.79. The van der Waals surface area contributed by atoms with Gasteiger partial charge in [-0.05, 0) is 57.4 Å². The number of aliphatic hydroxyl groups is 1. The van der Waals surface area contributed by atoms with E-state index in [-0.39, 0.29) is 29.2 Å². The molecule has 3 N–H and O–H groups in total. The minimum absolute atomic E-state index is 0.0174. The number of hydrogen-bond donors (Lipinski definition) is 3. The zero-order valence-electron chi connectivity index (χ0n) is 20.0. The van der Waals surface area contributed by atoms with E-state index in [0.29, 0.717) is 42.0 Å². The lowest BCUT2D eigenvalue weighted by atomic mass is 9.46. The maximum atomic E-state index is 14.1. The fourth-order valence-corrected chi connectivity index (χ4v) is 8.59. The number of hydrogen-bond acceptors (Lipinski definition) is 5. The monoisotopic (exact) mass is 465 g/mol. The summed E-state index contributed by atoms with van der Waals surface area (Å²) in [7, 11) is 0. The van der Waals surface area contributed by atoms with Gasteiger partial charge >= 0.3 is 0 Å². The number of fused-ring (bicyclic) bond motifs is 6. The summed E-state index contributed by atoms with van der Waals surface area (Å²) in [5, 5.41) is 29.5. The maximum absolute atomic E-state index is 14.1. The molecule has 6 heterocycles. The maximum Gasteiger partial charge on any atom is 0.249 e. The zero-order valence-corrected chi connectivity index (χ0v) is 20.0. The molecule has 8 nitrogen and oxygen atoms in total. The molecule has 6 unspecified atom stereocenters. The van der Waals surface area contributed by atoms with Crippen molar-refractivity contribution in [2.24, 2.45) is 11.3 Å². The van der Waals surface area contributed by atoms with Crippen LogP contribution in [0.3, 0.4) is 0 Å². The van der Waals surface area contributed by atoms with Gasteiger partial charge in [-0.15, -0.1) is 0 Å². The second-order valence-electron chi connectivity index (χ2n) is 12.4. The molecule has 0 aromatic heterocycles. The summed E-state index contributed by atoms with van der Waals surface area (Å²) in [5.41, 5.74) is -3.04. The van der Waals surface area contributed by atoms with Gasteiger partial charge in [0, 0.05) is 24.3 Å². The molecule has 1 aromatic rings. The number of quaternary nitrogens is 1. The summed E-state index contributed by atoms with van der Waals surface area (Å²) in [6.45, 7) is 8.48. The summed E-state index contributed by atoms with van der Waals surface area (Å²) in [5.74, 6) is 0.196. The van der Waals surface area contributed by atoms with E-state index in [1.165, 1.54) is 0 Å². The lowest BCUT2D eigenvalue weighted by Crippen LogP contribution is -3.10. The number of nitrogens with one attached hydrogen (secondary N) is 2. The first-order valence-corrected chi connectivity index (χ1v) is 12.3. The van der Waals surface area contributed by atoms with Gasteiger partial charge in [0.05, 0.1) is 11.1 Å². The topological polar surface area (TPSA) is 106 Å². The number of carbonyl (C=O) groups excluding carboxylic acids is 2. The van der Waals surface area contributed by atoms with Gasteiger partial charge in [0.2, 0.25) is 11.8 Å². The SMILES string of the molecule is CC1(C)C=Cc2c(ccc3c2[NH+]([O-])C2C3(O)CC34NC(=O)C5(CCCN5C3=O)CC4C2(C)C)O1. The van der Waals surface area contributed by atoms with Crippen LogP contribution in [-0.4, -0.2) is 51.1 Å². The number of hydroxylamine groups is 1. The Bertz CT molecular complexity index is 1220. The molecule has 4 saturated heterocycles. The highest BCUT2D eigenvalue weighted by atomic mass is 16.5. The standard InChI is InChI=1S/C26H31N3O5/c1-22(2)10-8-14-16(34-22)7-6-15-18(14)29(33)19-23(3,4)17-12-24-9-5-11-28(24)21(31)25(17,27-20(24)30)13-26(15,19)32/h6-8,10,17,19,29,32H,5,9,11-13H2,1-4H3,(H,27,30). The van der Waals surface area contributed by atoms with Crippen LogP contribution in [0, 0.1) is 16.5 Å². The Kier molecular flexibility index (Phi) is 3.50. The number of nitrogens with zero attached hydrogens (tertiary/aromatic N) is 1. The van der Waals surface area contributed by atoms with E-state index in [4.69, 9.17) is 4.74 Å². The van der Waals surface area contributed by atoms with Gasteiger partial charge in [0.1, 0.15) is 34.2 Å². The van der Waals surface area contributed by atoms with Crippen LogP contribution >= 0.6 is 0 Å². The quantitative estimate of drug-likeness (QED) is 0.498. The van der Waals surface area contributed by atoms with Crippen LogP contribution in [0.15, 0.2) is 18.2 Å². The molecule has 2 amide bonds. The minimum atomic E-state index is -1.55. The third-order valence-electron chi connectivity index (χ3n) is 9.88. The second-order valence-corrected chi connectivity index (χ2v) is 12.4. The van der Waals surface area contributed by atoms with Crippen LogP contribution in [0.2, 0.25) is 0 Å². The summed E-state index contributed by atoms with van der Waals surface area (Å²) < 4.78 is 6.12. The van der Waals surface area contributed by atoms with Gasteiger partial charge in [-0.1, -0.05) is 13.8 Å². The van der Waals surface area contributed by atoms with Crippen molar-refractivity contribution in [1.29, 1.82) is 0 Å². The molecule has 1 saturated carbocycles. The number of ether oxygens (including phenoxy) is 1. The number of piperidine rings is 2. The Morgan fingerprint density at radius 2 is 2.00 bits per heavy atom. The molecular weight excluding hydrogens is 434 g/mol. The normalized spacial score (nSPS) is 43.9. The Hall–Kier alpha value is -2.42. The van der Waals surface area contributed by atoms with E-state index in [1.807, 2.05) is 45.9 Å². The molecule has 6 aliphatic heterocycles. The van der Waals surface area contributed by atoms with Crippen LogP contribution < -0.4 is 15.1 Å². The number of piperazine rings is 1.